The molecule has 0 fully saturated rings. The monoisotopic (exact) mass is 354 g/mol. The Labute approximate surface area is 149 Å². The van der Waals surface area contributed by atoms with Gasteiger partial charge in [-0.15, -0.1) is 0 Å². The van der Waals surface area contributed by atoms with Gasteiger partial charge >= 0.3 is 0 Å². The number of nitrogens with zero attached hydrogens (tertiary/aromatic N) is 3. The standard InChI is InChI=1S/C18H15ClN4O2/c19-14-2-3-16(23-11-20-10-21-23)15(9-14)22-18(24)8-12-1-4-17-13(7-12)5-6-25-17/h1-4,7,9-11H,5-6,8H2,(H,22,24). The Morgan fingerprint density at radius 2 is 2.20 bits per heavy atom. The summed E-state index contributed by atoms with van der Waals surface area (Å²) in [5, 5.41) is 7.55. The third kappa shape index (κ3) is 3.34. The molecule has 6 nitrogen and oxygen atoms in total. The van der Waals surface area contributed by atoms with E-state index in [0.717, 1.165) is 23.3 Å². The molecule has 1 aliphatic heterocycles. The molecule has 4 rings (SSSR count). The van der Waals surface area contributed by atoms with Gasteiger partial charge in [-0.25, -0.2) is 9.67 Å². The molecule has 126 valence electrons. The molecule has 7 heteroatoms. The van der Waals surface area contributed by atoms with E-state index in [1.54, 1.807) is 29.2 Å². The first-order chi connectivity index (χ1) is 12.2. The molecule has 0 spiro atoms. The van der Waals surface area contributed by atoms with Crippen LogP contribution in [0.5, 0.6) is 5.75 Å². The van der Waals surface area contributed by atoms with Crippen molar-refractivity contribution in [2.75, 3.05) is 11.9 Å². The molecule has 1 amide bonds. The smallest absolute Gasteiger partial charge is 0.228 e. The number of carbonyl (C=O) groups excluding carboxylic acids is 1. The summed E-state index contributed by atoms with van der Waals surface area (Å²) in [7, 11) is 0. The molecule has 0 radical (unpaired) electrons. The molecule has 1 N–H and O–H groups in total. The topological polar surface area (TPSA) is 69.0 Å². The molecule has 25 heavy (non-hydrogen) atoms. The lowest BCUT2D eigenvalue weighted by molar-refractivity contribution is -0.115. The first-order valence-electron chi connectivity index (χ1n) is 7.88. The number of anilines is 1. The highest BCUT2D eigenvalue weighted by Gasteiger charge is 2.14. The van der Waals surface area contributed by atoms with Crippen molar-refractivity contribution in [2.24, 2.45) is 0 Å². The Balaban J connectivity index is 1.54. The van der Waals surface area contributed by atoms with E-state index in [1.165, 1.54) is 6.33 Å². The number of halogens is 1. The lowest BCUT2D eigenvalue weighted by Crippen LogP contribution is -2.16. The molecule has 0 saturated carbocycles. The SMILES string of the molecule is O=C(Cc1ccc2c(c1)CCO2)Nc1cc(Cl)ccc1-n1cncn1. The lowest BCUT2D eigenvalue weighted by atomic mass is 10.1. The minimum Gasteiger partial charge on any atom is -0.493 e. The summed E-state index contributed by atoms with van der Waals surface area (Å²) in [4.78, 5) is 16.4. The van der Waals surface area contributed by atoms with Crippen LogP contribution in [0.25, 0.3) is 5.69 Å². The fourth-order valence-electron chi connectivity index (χ4n) is 2.87. The second-order valence-electron chi connectivity index (χ2n) is 5.77. The minimum atomic E-state index is -0.123. The molecular weight excluding hydrogens is 340 g/mol. The van der Waals surface area contributed by atoms with Crippen molar-refractivity contribution in [3.05, 3.63) is 65.2 Å². The zero-order valence-corrected chi connectivity index (χ0v) is 14.0. The lowest BCUT2D eigenvalue weighted by Gasteiger charge is -2.11. The molecule has 1 aliphatic rings. The van der Waals surface area contributed by atoms with E-state index in [2.05, 4.69) is 15.4 Å². The van der Waals surface area contributed by atoms with Crippen molar-refractivity contribution < 1.29 is 9.53 Å². The van der Waals surface area contributed by atoms with Gasteiger partial charge in [0, 0.05) is 11.4 Å². The highest BCUT2D eigenvalue weighted by atomic mass is 35.5. The normalized spacial score (nSPS) is 12.5. The molecule has 0 saturated heterocycles. The second-order valence-corrected chi connectivity index (χ2v) is 6.20. The van der Waals surface area contributed by atoms with Gasteiger partial charge in [0.25, 0.3) is 0 Å². The first kappa shape index (κ1) is 15.7. The van der Waals surface area contributed by atoms with Crippen LogP contribution in [0, 0.1) is 0 Å². The highest BCUT2D eigenvalue weighted by Crippen LogP contribution is 2.27. The van der Waals surface area contributed by atoms with Gasteiger partial charge in [0.15, 0.2) is 0 Å². The third-order valence-electron chi connectivity index (χ3n) is 4.02. The van der Waals surface area contributed by atoms with E-state index in [0.29, 0.717) is 23.0 Å². The predicted octanol–water partition coefficient (Wildman–Crippen LogP) is 3.04. The van der Waals surface area contributed by atoms with Gasteiger partial charge in [0.1, 0.15) is 18.4 Å². The zero-order chi connectivity index (χ0) is 17.2. The Hall–Kier alpha value is -2.86. The van der Waals surface area contributed by atoms with E-state index in [4.69, 9.17) is 16.3 Å². The van der Waals surface area contributed by atoms with Crippen LogP contribution in [0.3, 0.4) is 0 Å². The van der Waals surface area contributed by atoms with Crippen LogP contribution in [0.1, 0.15) is 11.1 Å². The van der Waals surface area contributed by atoms with E-state index in [-0.39, 0.29) is 12.3 Å². The van der Waals surface area contributed by atoms with Gasteiger partial charge in [0.2, 0.25) is 5.91 Å². The van der Waals surface area contributed by atoms with E-state index < -0.39 is 0 Å². The van der Waals surface area contributed by atoms with Crippen molar-refractivity contribution in [3.8, 4) is 11.4 Å². The minimum absolute atomic E-state index is 0.123. The number of carbonyl (C=O) groups is 1. The van der Waals surface area contributed by atoms with Gasteiger partial charge in [0.05, 0.1) is 24.4 Å². The van der Waals surface area contributed by atoms with Crippen molar-refractivity contribution in [3.63, 3.8) is 0 Å². The molecule has 0 unspecified atom stereocenters. The maximum absolute atomic E-state index is 12.5. The Morgan fingerprint density at radius 3 is 3.04 bits per heavy atom. The first-order valence-corrected chi connectivity index (χ1v) is 8.26. The zero-order valence-electron chi connectivity index (χ0n) is 13.3. The Bertz CT molecular complexity index is 925. The van der Waals surface area contributed by atoms with Crippen LogP contribution in [0.15, 0.2) is 49.1 Å². The van der Waals surface area contributed by atoms with Gasteiger partial charge in [-0.3, -0.25) is 4.79 Å². The molecule has 1 aromatic heterocycles. The van der Waals surface area contributed by atoms with Crippen LogP contribution in [0.4, 0.5) is 5.69 Å². The number of aromatic nitrogens is 3. The summed E-state index contributed by atoms with van der Waals surface area (Å²) in [6.45, 7) is 0.703. The fourth-order valence-corrected chi connectivity index (χ4v) is 3.04. The van der Waals surface area contributed by atoms with Gasteiger partial charge in [-0.2, -0.15) is 5.10 Å². The number of amides is 1. The van der Waals surface area contributed by atoms with E-state index in [1.807, 2.05) is 18.2 Å². The summed E-state index contributed by atoms with van der Waals surface area (Å²) in [5.41, 5.74) is 3.40. The largest absolute Gasteiger partial charge is 0.493 e. The third-order valence-corrected chi connectivity index (χ3v) is 4.25. The second kappa shape index (κ2) is 6.57. The van der Waals surface area contributed by atoms with Crippen LogP contribution in [-0.4, -0.2) is 27.3 Å². The van der Waals surface area contributed by atoms with Crippen molar-refractivity contribution in [1.82, 2.24) is 14.8 Å². The predicted molar refractivity (Wildman–Crippen MR) is 94.3 cm³/mol. The summed E-state index contributed by atoms with van der Waals surface area (Å²) >= 11 is 6.08. The molecule has 0 atom stereocenters. The maximum Gasteiger partial charge on any atom is 0.228 e. The molecule has 2 heterocycles. The van der Waals surface area contributed by atoms with Crippen LogP contribution >= 0.6 is 11.6 Å². The van der Waals surface area contributed by atoms with Crippen LogP contribution < -0.4 is 10.1 Å². The van der Waals surface area contributed by atoms with Crippen LogP contribution in [-0.2, 0) is 17.6 Å². The van der Waals surface area contributed by atoms with E-state index >= 15 is 0 Å². The van der Waals surface area contributed by atoms with Gasteiger partial charge in [-0.05, 0) is 35.4 Å². The number of ether oxygens (including phenoxy) is 1. The summed E-state index contributed by atoms with van der Waals surface area (Å²) in [5.74, 6) is 0.787. The summed E-state index contributed by atoms with van der Waals surface area (Å²) < 4.78 is 7.08. The summed E-state index contributed by atoms with van der Waals surface area (Å²) in [6, 6.07) is 11.1. The van der Waals surface area contributed by atoms with Crippen molar-refractivity contribution in [1.29, 1.82) is 0 Å². The Morgan fingerprint density at radius 1 is 1.28 bits per heavy atom. The molecule has 0 bridgehead atoms. The molecule has 3 aromatic rings. The average molecular weight is 355 g/mol. The van der Waals surface area contributed by atoms with Crippen molar-refractivity contribution in [2.45, 2.75) is 12.8 Å². The number of hydrogen-bond donors (Lipinski definition) is 1. The number of hydrogen-bond acceptors (Lipinski definition) is 4. The molecular formula is C18H15ClN4O2. The number of benzene rings is 2. The van der Waals surface area contributed by atoms with Gasteiger partial charge < -0.3 is 10.1 Å². The van der Waals surface area contributed by atoms with Crippen molar-refractivity contribution >= 4 is 23.2 Å². The molecule has 2 aromatic carbocycles. The van der Waals surface area contributed by atoms with E-state index in [9.17, 15) is 4.79 Å². The maximum atomic E-state index is 12.5. The molecule has 0 aliphatic carbocycles. The number of nitrogens with one attached hydrogen (secondary N) is 1. The fraction of sp³-hybridized carbons (Fsp3) is 0.167. The number of rotatable bonds is 4. The average Bonchev–Trinajstić information content (AvgIpc) is 3.25. The highest BCUT2D eigenvalue weighted by molar-refractivity contribution is 6.31. The number of fused-ring (bicyclic) bond motifs is 1. The Kier molecular flexibility index (Phi) is 4.11. The van der Waals surface area contributed by atoms with Gasteiger partial charge in [-0.1, -0.05) is 23.7 Å². The summed E-state index contributed by atoms with van der Waals surface area (Å²) in [6.07, 6.45) is 4.17. The quantitative estimate of drug-likeness (QED) is 0.782. The van der Waals surface area contributed by atoms with Crippen LogP contribution in [0.2, 0.25) is 5.02 Å².